The fourth-order valence-electron chi connectivity index (χ4n) is 5.29. The van der Waals surface area contributed by atoms with Gasteiger partial charge in [0.1, 0.15) is 30.2 Å². The molecule has 22 nitrogen and oxygen atoms in total. The van der Waals surface area contributed by atoms with Crippen LogP contribution in [0.3, 0.4) is 0 Å². The molecule has 7 atom stereocenters. The number of nitrogens with two attached hydrogens (primary N) is 6. The van der Waals surface area contributed by atoms with Crippen molar-refractivity contribution >= 4 is 71.7 Å². The SMILES string of the molecule is CC[C@H](C)[C@H](NC(=O)[C@H](CCCN=C(N)N)NC(=O)[C@@H](N)CC(=O)O)C(=O)N[C@@H](Cc1ccccc1)C(=O)N[C@@H](CCCN=C(N)N)C(=O)N[C@@H](CS)C(=O)C(N)=O. The molecule has 0 unspecified atom stereocenters. The molecular formula is C35H57N13O9S. The van der Waals surface area contributed by atoms with Gasteiger partial charge in [0.05, 0.1) is 12.5 Å². The van der Waals surface area contributed by atoms with Crippen molar-refractivity contribution in [1.82, 2.24) is 26.6 Å². The fourth-order valence-corrected chi connectivity index (χ4v) is 5.55. The number of nitrogens with zero attached hydrogens (tertiary/aromatic N) is 2. The topological polar surface area (TPSA) is 398 Å². The first-order valence-electron chi connectivity index (χ1n) is 18.4. The van der Waals surface area contributed by atoms with Crippen molar-refractivity contribution in [1.29, 1.82) is 0 Å². The number of benzene rings is 1. The zero-order valence-corrected chi connectivity index (χ0v) is 33.4. The van der Waals surface area contributed by atoms with E-state index in [4.69, 9.17) is 39.5 Å². The number of carboxylic acid groups (broad SMARTS) is 1. The van der Waals surface area contributed by atoms with Crippen LogP contribution in [0.15, 0.2) is 40.3 Å². The lowest BCUT2D eigenvalue weighted by atomic mass is 9.96. The minimum atomic E-state index is -1.48. The Labute approximate surface area is 341 Å². The predicted molar refractivity (Wildman–Crippen MR) is 217 cm³/mol. The highest BCUT2D eigenvalue weighted by Gasteiger charge is 2.35. The monoisotopic (exact) mass is 835 g/mol. The molecule has 0 aliphatic carbocycles. The number of hydrogen-bond donors (Lipinski definition) is 13. The zero-order chi connectivity index (χ0) is 43.9. The fraction of sp³-hybridized carbons (Fsp3) is 0.543. The minimum absolute atomic E-state index is 0.0340. The van der Waals surface area contributed by atoms with Crippen LogP contribution in [0.25, 0.3) is 0 Å². The lowest BCUT2D eigenvalue weighted by Crippen LogP contribution is -2.61. The number of thiol groups is 1. The van der Waals surface area contributed by atoms with Crippen LogP contribution >= 0.6 is 12.6 Å². The molecule has 0 radical (unpaired) electrons. The molecule has 0 aliphatic rings. The molecule has 322 valence electrons. The minimum Gasteiger partial charge on any atom is -0.481 e. The van der Waals surface area contributed by atoms with Crippen LogP contribution < -0.4 is 61.0 Å². The number of carbonyl (C=O) groups excluding carboxylic acids is 7. The number of carboxylic acids is 1. The van der Waals surface area contributed by atoms with Gasteiger partial charge in [0.25, 0.3) is 5.91 Å². The summed E-state index contributed by atoms with van der Waals surface area (Å²) in [6.45, 7) is 3.59. The highest BCUT2D eigenvalue weighted by Crippen LogP contribution is 2.12. The molecular weight excluding hydrogens is 779 g/mol. The Kier molecular flexibility index (Phi) is 22.5. The lowest BCUT2D eigenvalue weighted by Gasteiger charge is -2.29. The second-order valence-electron chi connectivity index (χ2n) is 13.3. The number of aliphatic carboxylic acids is 1. The first-order chi connectivity index (χ1) is 27.3. The van der Waals surface area contributed by atoms with Crippen LogP contribution in [0.4, 0.5) is 0 Å². The first kappa shape index (κ1) is 50.0. The van der Waals surface area contributed by atoms with Gasteiger partial charge in [-0.3, -0.25) is 48.3 Å². The highest BCUT2D eigenvalue weighted by atomic mass is 32.1. The molecule has 6 amide bonds. The maximum atomic E-state index is 14.1. The quantitative estimate of drug-likeness (QED) is 0.0131. The summed E-state index contributed by atoms with van der Waals surface area (Å²) in [5, 5.41) is 21.8. The standard InChI is InChI=1S/C35H57N13O9S/c1-3-18(2)26(48-31(55)22(12-8-14-43-35(40)41)44-29(53)20(36)16-25(49)50)33(57)46-23(15-19-9-5-4-6-10-19)32(56)45-21(11-7-13-42-34(38)39)30(54)47-24(17-58)27(51)28(37)52/h4-6,9-10,18,20-24,26,58H,3,7-8,11-17,36H2,1-2H3,(H2,37,52)(H,44,53)(H,45,56)(H,46,57)(H,47,54)(H,48,55)(H,49,50)(H4,38,39,42)(H4,40,41,43)/t18-,20-,21-,22-,23-,24-,26-/m0/s1. The van der Waals surface area contributed by atoms with E-state index < -0.39 is 95.8 Å². The van der Waals surface area contributed by atoms with E-state index in [1.807, 2.05) is 0 Å². The van der Waals surface area contributed by atoms with Crippen LogP contribution in [0.2, 0.25) is 0 Å². The van der Waals surface area contributed by atoms with E-state index in [2.05, 4.69) is 49.2 Å². The van der Waals surface area contributed by atoms with Crippen molar-refractivity contribution < 1.29 is 43.5 Å². The van der Waals surface area contributed by atoms with Crippen LogP contribution in [-0.4, -0.2) is 119 Å². The van der Waals surface area contributed by atoms with Crippen molar-refractivity contribution in [2.75, 3.05) is 18.8 Å². The maximum absolute atomic E-state index is 14.1. The average Bonchev–Trinajstić information content (AvgIpc) is 3.16. The third kappa shape index (κ3) is 18.8. The van der Waals surface area contributed by atoms with Crippen molar-refractivity contribution in [3.05, 3.63) is 35.9 Å². The molecule has 1 rings (SSSR count). The Morgan fingerprint density at radius 3 is 1.62 bits per heavy atom. The number of amides is 6. The third-order valence-corrected chi connectivity index (χ3v) is 9.02. The van der Waals surface area contributed by atoms with Gasteiger partial charge >= 0.3 is 5.97 Å². The van der Waals surface area contributed by atoms with Crippen molar-refractivity contribution in [2.24, 2.45) is 50.3 Å². The number of primary amides is 1. The van der Waals surface area contributed by atoms with Gasteiger partial charge in [-0.25, -0.2) is 0 Å². The summed E-state index contributed by atoms with van der Waals surface area (Å²) in [4.78, 5) is 111. The van der Waals surface area contributed by atoms with Gasteiger partial charge in [-0.05, 0) is 37.2 Å². The van der Waals surface area contributed by atoms with E-state index in [0.717, 1.165) is 0 Å². The molecule has 0 saturated heterocycles. The van der Waals surface area contributed by atoms with Crippen LogP contribution in [-0.2, 0) is 44.8 Å². The van der Waals surface area contributed by atoms with Gasteiger partial charge in [-0.1, -0.05) is 50.6 Å². The molecule has 58 heavy (non-hydrogen) atoms. The number of Topliss-reactive ketones (excluding diaryl/α,β-unsaturated/α-hetero) is 1. The zero-order valence-electron chi connectivity index (χ0n) is 32.5. The van der Waals surface area contributed by atoms with Crippen molar-refractivity contribution in [2.45, 2.75) is 95.0 Å². The first-order valence-corrected chi connectivity index (χ1v) is 19.0. The molecule has 0 aromatic heterocycles. The number of ketones is 1. The normalized spacial score (nSPS) is 14.3. The summed E-state index contributed by atoms with van der Waals surface area (Å²) in [5.41, 5.74) is 33.0. The Balaban J connectivity index is 3.49. The summed E-state index contributed by atoms with van der Waals surface area (Å²) in [6.07, 6.45) is -0.142. The van der Waals surface area contributed by atoms with E-state index in [-0.39, 0.29) is 62.9 Å². The van der Waals surface area contributed by atoms with E-state index >= 15 is 0 Å². The Hall–Kier alpha value is -5.97. The van der Waals surface area contributed by atoms with E-state index in [9.17, 15) is 38.4 Å². The van der Waals surface area contributed by atoms with Gasteiger partial charge in [0, 0.05) is 25.3 Å². The number of rotatable bonds is 27. The highest BCUT2D eigenvalue weighted by molar-refractivity contribution is 7.80. The second-order valence-corrected chi connectivity index (χ2v) is 13.7. The summed E-state index contributed by atoms with van der Waals surface area (Å²) < 4.78 is 0. The summed E-state index contributed by atoms with van der Waals surface area (Å²) in [5.74, 6) is -9.19. The predicted octanol–water partition coefficient (Wildman–Crippen LogP) is -4.41. The summed E-state index contributed by atoms with van der Waals surface area (Å²) in [6, 6.07) is 0.442. The number of guanidine groups is 2. The van der Waals surface area contributed by atoms with Crippen LogP contribution in [0.5, 0.6) is 0 Å². The van der Waals surface area contributed by atoms with Gasteiger partial charge in [-0.2, -0.15) is 12.6 Å². The molecule has 23 heteroatoms. The molecule has 0 aliphatic heterocycles. The molecule has 18 N–H and O–H groups in total. The Morgan fingerprint density at radius 2 is 1.16 bits per heavy atom. The molecule has 0 heterocycles. The van der Waals surface area contributed by atoms with Crippen molar-refractivity contribution in [3.63, 3.8) is 0 Å². The van der Waals surface area contributed by atoms with E-state index in [0.29, 0.717) is 12.0 Å². The number of carbonyl (C=O) groups is 8. The second kappa shape index (κ2) is 26.0. The third-order valence-electron chi connectivity index (χ3n) is 8.66. The molecule has 1 aromatic rings. The maximum Gasteiger partial charge on any atom is 0.305 e. The lowest BCUT2D eigenvalue weighted by molar-refractivity contribution is -0.140. The van der Waals surface area contributed by atoms with E-state index in [1.165, 1.54) is 0 Å². The number of hydrogen-bond acceptors (Lipinski definition) is 12. The Morgan fingerprint density at radius 1 is 0.690 bits per heavy atom. The summed E-state index contributed by atoms with van der Waals surface area (Å²) >= 11 is 4.03. The number of aliphatic imine (C=N–C) groups is 2. The average molecular weight is 836 g/mol. The molecule has 0 bridgehead atoms. The molecule has 0 spiro atoms. The van der Waals surface area contributed by atoms with Gasteiger partial charge in [0.2, 0.25) is 35.3 Å². The number of nitrogens with one attached hydrogen (secondary N) is 5. The Bertz CT molecular complexity index is 1640. The summed E-state index contributed by atoms with van der Waals surface area (Å²) in [7, 11) is 0. The van der Waals surface area contributed by atoms with Gasteiger partial charge < -0.3 is 66.1 Å². The molecule has 0 fully saturated rings. The van der Waals surface area contributed by atoms with Crippen molar-refractivity contribution in [3.8, 4) is 0 Å². The van der Waals surface area contributed by atoms with Gasteiger partial charge in [0.15, 0.2) is 11.9 Å². The smallest absolute Gasteiger partial charge is 0.305 e. The van der Waals surface area contributed by atoms with E-state index in [1.54, 1.807) is 44.2 Å². The molecule has 0 saturated carbocycles. The largest absolute Gasteiger partial charge is 0.481 e. The molecule has 1 aromatic carbocycles. The van der Waals surface area contributed by atoms with Gasteiger partial charge in [-0.15, -0.1) is 0 Å². The van der Waals surface area contributed by atoms with Crippen LogP contribution in [0, 0.1) is 5.92 Å². The van der Waals surface area contributed by atoms with Crippen LogP contribution in [0.1, 0.15) is 57.9 Å².